The third kappa shape index (κ3) is 5.57. The molecule has 0 unspecified atom stereocenters. The van der Waals surface area contributed by atoms with Gasteiger partial charge in [-0.2, -0.15) is 5.10 Å². The van der Waals surface area contributed by atoms with Crippen molar-refractivity contribution >= 4 is 29.8 Å². The van der Waals surface area contributed by atoms with Gasteiger partial charge >= 0.3 is 12.0 Å². The van der Waals surface area contributed by atoms with E-state index in [-0.39, 0.29) is 10.8 Å². The van der Waals surface area contributed by atoms with Gasteiger partial charge in [-0.15, -0.1) is 0 Å². The quantitative estimate of drug-likeness (QED) is 0.515. The molecule has 0 spiro atoms. The highest BCUT2D eigenvalue weighted by Gasteiger charge is 2.11. The molecule has 0 aliphatic heterocycles. The molecule has 0 saturated carbocycles. The van der Waals surface area contributed by atoms with E-state index in [1.807, 2.05) is 5.43 Å². The Kier molecular flexibility index (Phi) is 6.28. The first-order chi connectivity index (χ1) is 9.93. The maximum atomic E-state index is 10.5. The van der Waals surface area contributed by atoms with Crippen molar-refractivity contribution in [2.45, 2.75) is 6.92 Å². The lowest BCUT2D eigenvalue weighted by molar-refractivity contribution is -0.139. The van der Waals surface area contributed by atoms with Crippen LogP contribution in [0.4, 0.5) is 4.79 Å². The van der Waals surface area contributed by atoms with Gasteiger partial charge in [0.2, 0.25) is 0 Å². The number of hydrogen-bond acceptors (Lipinski definition) is 5. The molecule has 0 aliphatic carbocycles. The fourth-order valence-corrected chi connectivity index (χ4v) is 1.54. The maximum Gasteiger partial charge on any atom is 0.341 e. The standard InChI is InChI=1S/C12H14ClN3O5/c1-2-20-9-3-7(5-15-16-12(14)19)8(13)4-10(9)21-6-11(17)18/h3-5H,2,6H2,1H3,(H,17,18)(H3,14,16,19). The van der Waals surface area contributed by atoms with E-state index in [1.165, 1.54) is 18.3 Å². The second kappa shape index (κ2) is 7.95. The average molecular weight is 316 g/mol. The molecule has 0 fully saturated rings. The molecule has 1 aromatic carbocycles. The minimum atomic E-state index is -1.12. The number of hydrogen-bond donors (Lipinski definition) is 3. The van der Waals surface area contributed by atoms with Crippen LogP contribution >= 0.6 is 11.6 Å². The van der Waals surface area contributed by atoms with Crippen LogP contribution in [0.15, 0.2) is 17.2 Å². The number of nitrogens with two attached hydrogens (primary N) is 1. The van der Waals surface area contributed by atoms with Crippen molar-refractivity contribution in [3.05, 3.63) is 22.7 Å². The summed E-state index contributed by atoms with van der Waals surface area (Å²) in [4.78, 5) is 21.0. The number of hydrazone groups is 1. The van der Waals surface area contributed by atoms with Crippen molar-refractivity contribution in [1.29, 1.82) is 0 Å². The van der Waals surface area contributed by atoms with Crippen LogP contribution in [0.3, 0.4) is 0 Å². The first-order valence-electron chi connectivity index (χ1n) is 5.83. The summed E-state index contributed by atoms with van der Waals surface area (Å²) in [6.07, 6.45) is 1.27. The van der Waals surface area contributed by atoms with E-state index in [4.69, 9.17) is 31.9 Å². The van der Waals surface area contributed by atoms with E-state index in [0.717, 1.165) is 0 Å². The molecular formula is C12H14ClN3O5. The lowest BCUT2D eigenvalue weighted by atomic mass is 10.2. The zero-order chi connectivity index (χ0) is 15.8. The van der Waals surface area contributed by atoms with Gasteiger partial charge in [0.15, 0.2) is 18.1 Å². The second-order valence-corrected chi connectivity index (χ2v) is 4.08. The van der Waals surface area contributed by atoms with Crippen LogP contribution < -0.4 is 20.6 Å². The third-order valence-corrected chi connectivity index (χ3v) is 2.42. The normalized spacial score (nSPS) is 10.4. The molecule has 1 rings (SSSR count). The number of urea groups is 1. The molecule has 0 atom stereocenters. The molecule has 8 nitrogen and oxygen atoms in total. The van der Waals surface area contributed by atoms with Crippen LogP contribution in [-0.4, -0.2) is 36.5 Å². The monoisotopic (exact) mass is 315 g/mol. The Morgan fingerprint density at radius 3 is 2.67 bits per heavy atom. The Bertz CT molecular complexity index is 562. The van der Waals surface area contributed by atoms with E-state index in [2.05, 4.69) is 5.10 Å². The summed E-state index contributed by atoms with van der Waals surface area (Å²) in [5.74, 6) is -0.613. The molecule has 1 aromatic rings. The molecular weight excluding hydrogens is 302 g/mol. The Morgan fingerprint density at radius 2 is 2.10 bits per heavy atom. The summed E-state index contributed by atoms with van der Waals surface area (Å²) in [5, 5.41) is 12.4. The van der Waals surface area contributed by atoms with Gasteiger partial charge in [-0.1, -0.05) is 11.6 Å². The number of carboxylic acid groups (broad SMARTS) is 1. The smallest absolute Gasteiger partial charge is 0.341 e. The lowest BCUT2D eigenvalue weighted by Gasteiger charge is -2.12. The van der Waals surface area contributed by atoms with Crippen molar-refractivity contribution in [1.82, 2.24) is 5.43 Å². The maximum absolute atomic E-state index is 10.5. The molecule has 0 saturated heterocycles. The topological polar surface area (TPSA) is 123 Å². The van der Waals surface area contributed by atoms with Gasteiger partial charge in [0.25, 0.3) is 0 Å². The number of carbonyl (C=O) groups excluding carboxylic acids is 1. The van der Waals surface area contributed by atoms with E-state index < -0.39 is 18.6 Å². The minimum Gasteiger partial charge on any atom is -0.490 e. The first-order valence-corrected chi connectivity index (χ1v) is 6.21. The summed E-state index contributed by atoms with van der Waals surface area (Å²) in [6.45, 7) is 1.59. The van der Waals surface area contributed by atoms with Gasteiger partial charge < -0.3 is 20.3 Å². The SMILES string of the molecule is CCOc1cc(C=NNC(N)=O)c(Cl)cc1OCC(=O)O. The number of amides is 2. The van der Waals surface area contributed by atoms with Crippen LogP contribution in [0.25, 0.3) is 0 Å². The first kappa shape index (κ1) is 16.6. The number of primary amides is 1. The van der Waals surface area contributed by atoms with E-state index >= 15 is 0 Å². The third-order valence-electron chi connectivity index (χ3n) is 2.09. The number of carboxylic acids is 1. The highest BCUT2D eigenvalue weighted by atomic mass is 35.5. The summed E-state index contributed by atoms with van der Waals surface area (Å²) in [5.41, 5.74) is 7.34. The Hall–Kier alpha value is -2.48. The summed E-state index contributed by atoms with van der Waals surface area (Å²) >= 11 is 6.01. The van der Waals surface area contributed by atoms with Crippen molar-refractivity contribution in [2.24, 2.45) is 10.8 Å². The Balaban J connectivity index is 3.01. The minimum absolute atomic E-state index is 0.198. The van der Waals surface area contributed by atoms with Gasteiger partial charge in [0, 0.05) is 11.6 Å². The average Bonchev–Trinajstić information content (AvgIpc) is 2.40. The molecule has 0 aliphatic rings. The van der Waals surface area contributed by atoms with Gasteiger partial charge in [-0.05, 0) is 13.0 Å². The summed E-state index contributed by atoms with van der Waals surface area (Å²) in [7, 11) is 0. The van der Waals surface area contributed by atoms with Gasteiger partial charge in [-0.3, -0.25) is 0 Å². The molecule has 0 bridgehead atoms. The molecule has 2 amide bonds. The predicted molar refractivity (Wildman–Crippen MR) is 76.1 cm³/mol. The molecule has 0 heterocycles. The molecule has 21 heavy (non-hydrogen) atoms. The number of benzene rings is 1. The van der Waals surface area contributed by atoms with Crippen molar-refractivity contribution in [3.8, 4) is 11.5 Å². The van der Waals surface area contributed by atoms with Crippen LogP contribution in [0.1, 0.15) is 12.5 Å². The summed E-state index contributed by atoms with van der Waals surface area (Å²) < 4.78 is 10.4. The van der Waals surface area contributed by atoms with Crippen LogP contribution in [0.2, 0.25) is 5.02 Å². The van der Waals surface area contributed by atoms with Crippen LogP contribution in [0.5, 0.6) is 11.5 Å². The Morgan fingerprint density at radius 1 is 1.43 bits per heavy atom. The number of carbonyl (C=O) groups is 2. The number of nitrogens with one attached hydrogen (secondary N) is 1. The zero-order valence-electron chi connectivity index (χ0n) is 11.1. The number of aliphatic carboxylic acids is 1. The zero-order valence-corrected chi connectivity index (χ0v) is 11.9. The number of rotatable bonds is 7. The molecule has 114 valence electrons. The van der Waals surface area contributed by atoms with Crippen LogP contribution in [0, 0.1) is 0 Å². The number of halogens is 1. The van der Waals surface area contributed by atoms with E-state index in [1.54, 1.807) is 6.92 Å². The lowest BCUT2D eigenvalue weighted by Crippen LogP contribution is -2.24. The van der Waals surface area contributed by atoms with E-state index in [9.17, 15) is 9.59 Å². The number of ether oxygens (including phenoxy) is 2. The molecule has 9 heteroatoms. The van der Waals surface area contributed by atoms with Crippen LogP contribution in [-0.2, 0) is 4.79 Å². The van der Waals surface area contributed by atoms with Crippen molar-refractivity contribution < 1.29 is 24.2 Å². The highest BCUT2D eigenvalue weighted by molar-refractivity contribution is 6.33. The van der Waals surface area contributed by atoms with Gasteiger partial charge in [-0.25, -0.2) is 15.0 Å². The van der Waals surface area contributed by atoms with Crippen molar-refractivity contribution in [3.63, 3.8) is 0 Å². The molecule has 4 N–H and O–H groups in total. The second-order valence-electron chi connectivity index (χ2n) is 3.67. The van der Waals surface area contributed by atoms with Crippen molar-refractivity contribution in [2.75, 3.05) is 13.2 Å². The largest absolute Gasteiger partial charge is 0.490 e. The number of nitrogens with zero attached hydrogens (tertiary/aromatic N) is 1. The fourth-order valence-electron chi connectivity index (χ4n) is 1.34. The van der Waals surface area contributed by atoms with Gasteiger partial charge in [0.1, 0.15) is 0 Å². The highest BCUT2D eigenvalue weighted by Crippen LogP contribution is 2.33. The Labute approximate surface area is 125 Å². The molecule has 0 aromatic heterocycles. The molecule has 0 radical (unpaired) electrons. The van der Waals surface area contributed by atoms with Gasteiger partial charge in [0.05, 0.1) is 17.8 Å². The fraction of sp³-hybridized carbons (Fsp3) is 0.250. The summed E-state index contributed by atoms with van der Waals surface area (Å²) in [6, 6.07) is 2.10. The predicted octanol–water partition coefficient (Wildman–Crippen LogP) is 1.20. The van der Waals surface area contributed by atoms with E-state index in [0.29, 0.717) is 17.9 Å².